The number of nitriles is 1. The van der Waals surface area contributed by atoms with Crippen LogP contribution >= 0.6 is 11.8 Å². The van der Waals surface area contributed by atoms with Crippen LogP contribution in [0.2, 0.25) is 0 Å². The number of thioether (sulfide) groups is 1. The third-order valence-electron chi connectivity index (χ3n) is 2.58. The molecule has 0 radical (unpaired) electrons. The van der Waals surface area contributed by atoms with Crippen molar-refractivity contribution >= 4 is 11.8 Å². The largest absolute Gasteiger partial charge is 0.302 e. The summed E-state index contributed by atoms with van der Waals surface area (Å²) in [6.45, 7) is 4.91. The number of benzene rings is 1. The zero-order valence-electron chi connectivity index (χ0n) is 10.4. The monoisotopic (exact) mass is 258 g/mol. The molecule has 2 rings (SSSR count). The van der Waals surface area contributed by atoms with Crippen molar-refractivity contribution in [2.75, 3.05) is 5.75 Å². The van der Waals surface area contributed by atoms with E-state index in [9.17, 15) is 0 Å². The van der Waals surface area contributed by atoms with Gasteiger partial charge in [0.05, 0.1) is 11.8 Å². The Kier molecular flexibility index (Phi) is 4.00. The zero-order chi connectivity index (χ0) is 13.0. The van der Waals surface area contributed by atoms with Crippen molar-refractivity contribution in [3.05, 3.63) is 29.8 Å². The number of rotatable bonds is 4. The first-order chi connectivity index (χ1) is 8.76. The fourth-order valence-corrected chi connectivity index (χ4v) is 2.44. The molecule has 1 heterocycles. The molecule has 0 saturated carbocycles. The van der Waals surface area contributed by atoms with Crippen LogP contribution in [0.1, 0.15) is 12.5 Å². The van der Waals surface area contributed by atoms with Gasteiger partial charge in [-0.05, 0) is 19.9 Å². The van der Waals surface area contributed by atoms with Crippen molar-refractivity contribution in [2.24, 2.45) is 0 Å². The van der Waals surface area contributed by atoms with Crippen LogP contribution in [0.5, 0.6) is 0 Å². The Bertz CT molecular complexity index is 583. The number of hydrogen-bond acceptors (Lipinski definition) is 4. The van der Waals surface area contributed by atoms with E-state index >= 15 is 0 Å². The minimum absolute atomic E-state index is 0.395. The van der Waals surface area contributed by atoms with E-state index in [4.69, 9.17) is 5.26 Å². The highest BCUT2D eigenvalue weighted by molar-refractivity contribution is 7.99. The molecule has 0 atom stereocenters. The maximum atomic E-state index is 8.62. The van der Waals surface area contributed by atoms with Crippen molar-refractivity contribution in [2.45, 2.75) is 25.5 Å². The second-order valence-corrected chi connectivity index (χ2v) is 4.81. The van der Waals surface area contributed by atoms with Crippen LogP contribution in [0.4, 0.5) is 0 Å². The molecule has 0 aliphatic heterocycles. The van der Waals surface area contributed by atoms with Gasteiger partial charge >= 0.3 is 0 Å². The molecule has 4 nitrogen and oxygen atoms in total. The average Bonchev–Trinajstić information content (AvgIpc) is 2.79. The lowest BCUT2D eigenvalue weighted by atomic mass is 10.1. The molecule has 0 spiro atoms. The Morgan fingerprint density at radius 2 is 2.22 bits per heavy atom. The van der Waals surface area contributed by atoms with Gasteiger partial charge in [0.1, 0.15) is 0 Å². The quantitative estimate of drug-likeness (QED) is 0.791. The Morgan fingerprint density at radius 1 is 1.39 bits per heavy atom. The number of nitrogens with zero attached hydrogens (tertiary/aromatic N) is 4. The van der Waals surface area contributed by atoms with Gasteiger partial charge in [-0.3, -0.25) is 0 Å². The Morgan fingerprint density at radius 3 is 2.89 bits per heavy atom. The van der Waals surface area contributed by atoms with Gasteiger partial charge in [0.25, 0.3) is 0 Å². The van der Waals surface area contributed by atoms with Gasteiger partial charge in [-0.15, -0.1) is 10.2 Å². The van der Waals surface area contributed by atoms with Crippen molar-refractivity contribution in [1.82, 2.24) is 14.8 Å². The highest BCUT2D eigenvalue weighted by Gasteiger charge is 2.12. The van der Waals surface area contributed by atoms with Crippen molar-refractivity contribution in [3.63, 3.8) is 0 Å². The maximum Gasteiger partial charge on any atom is 0.192 e. The maximum absolute atomic E-state index is 8.62. The van der Waals surface area contributed by atoms with Crippen molar-refractivity contribution < 1.29 is 0 Å². The standard InChI is InChI=1S/C13H14N4S/c1-3-17-12(11-6-4-5-10(2)9-11)15-16-13(17)18-8-7-14/h4-6,9H,3,8H2,1-2H3. The summed E-state index contributed by atoms with van der Waals surface area (Å²) in [5, 5.41) is 17.8. The van der Waals surface area contributed by atoms with Gasteiger partial charge in [-0.1, -0.05) is 35.5 Å². The Hall–Kier alpha value is -1.80. The van der Waals surface area contributed by atoms with Gasteiger partial charge in [-0.25, -0.2) is 0 Å². The van der Waals surface area contributed by atoms with Gasteiger partial charge in [-0.2, -0.15) is 5.26 Å². The first-order valence-electron chi connectivity index (χ1n) is 5.76. The molecular formula is C13H14N4S. The molecule has 2 aromatic rings. The SMILES string of the molecule is CCn1c(SCC#N)nnc1-c1cccc(C)c1. The second kappa shape index (κ2) is 5.69. The van der Waals surface area contributed by atoms with Crippen LogP contribution in [-0.2, 0) is 6.54 Å². The summed E-state index contributed by atoms with van der Waals surface area (Å²) in [6, 6.07) is 10.3. The molecule has 0 unspecified atom stereocenters. The highest BCUT2D eigenvalue weighted by atomic mass is 32.2. The van der Waals surface area contributed by atoms with E-state index < -0.39 is 0 Å². The zero-order valence-corrected chi connectivity index (χ0v) is 11.2. The van der Waals surface area contributed by atoms with Crippen LogP contribution in [0.15, 0.2) is 29.4 Å². The molecule has 0 N–H and O–H groups in total. The van der Waals surface area contributed by atoms with Crippen molar-refractivity contribution in [1.29, 1.82) is 5.26 Å². The first-order valence-corrected chi connectivity index (χ1v) is 6.74. The van der Waals surface area contributed by atoms with Crippen LogP contribution in [0, 0.1) is 18.3 Å². The van der Waals surface area contributed by atoms with Crippen molar-refractivity contribution in [3.8, 4) is 17.5 Å². The first kappa shape index (κ1) is 12.7. The lowest BCUT2D eigenvalue weighted by molar-refractivity contribution is 0.688. The molecule has 0 aliphatic carbocycles. The van der Waals surface area contributed by atoms with Gasteiger partial charge in [0.15, 0.2) is 11.0 Å². The smallest absolute Gasteiger partial charge is 0.192 e. The molecule has 1 aromatic carbocycles. The third kappa shape index (κ3) is 2.54. The molecule has 0 saturated heterocycles. The summed E-state index contributed by atoms with van der Waals surface area (Å²) < 4.78 is 2.04. The van der Waals surface area contributed by atoms with Gasteiger partial charge in [0.2, 0.25) is 0 Å². The molecule has 0 fully saturated rings. The summed E-state index contributed by atoms with van der Waals surface area (Å²) in [4.78, 5) is 0. The third-order valence-corrected chi connectivity index (χ3v) is 3.41. The molecule has 0 aliphatic rings. The van der Waals surface area contributed by atoms with E-state index in [1.807, 2.05) is 16.7 Å². The number of hydrogen-bond donors (Lipinski definition) is 0. The minimum Gasteiger partial charge on any atom is -0.302 e. The van der Waals surface area contributed by atoms with Crippen LogP contribution in [0.3, 0.4) is 0 Å². The lowest BCUT2D eigenvalue weighted by Crippen LogP contribution is -1.99. The Labute approximate surface area is 111 Å². The van der Waals surface area contributed by atoms with E-state index in [1.165, 1.54) is 17.3 Å². The van der Waals surface area contributed by atoms with Gasteiger partial charge < -0.3 is 4.57 Å². The molecule has 0 amide bonds. The summed E-state index contributed by atoms with van der Waals surface area (Å²) >= 11 is 1.42. The summed E-state index contributed by atoms with van der Waals surface area (Å²) in [5.41, 5.74) is 2.26. The topological polar surface area (TPSA) is 54.5 Å². The number of aromatic nitrogens is 3. The fraction of sp³-hybridized carbons (Fsp3) is 0.308. The predicted octanol–water partition coefficient (Wildman–Crippen LogP) is 2.89. The molecule has 0 bridgehead atoms. The minimum atomic E-state index is 0.395. The van der Waals surface area contributed by atoms with Crippen LogP contribution in [-0.4, -0.2) is 20.5 Å². The van der Waals surface area contributed by atoms with E-state index in [2.05, 4.69) is 42.2 Å². The predicted molar refractivity (Wildman–Crippen MR) is 72.2 cm³/mol. The van der Waals surface area contributed by atoms with E-state index in [-0.39, 0.29) is 0 Å². The van der Waals surface area contributed by atoms with E-state index in [1.54, 1.807) is 0 Å². The fourth-order valence-electron chi connectivity index (χ4n) is 1.78. The molecular weight excluding hydrogens is 244 g/mol. The average molecular weight is 258 g/mol. The van der Waals surface area contributed by atoms with E-state index in [0.717, 1.165) is 23.1 Å². The van der Waals surface area contributed by atoms with E-state index in [0.29, 0.717) is 5.75 Å². The summed E-state index contributed by atoms with van der Waals surface area (Å²) in [5.74, 6) is 1.26. The number of aryl methyl sites for hydroxylation is 1. The second-order valence-electron chi connectivity index (χ2n) is 3.87. The normalized spacial score (nSPS) is 10.3. The summed E-state index contributed by atoms with van der Waals surface area (Å²) in [7, 11) is 0. The summed E-state index contributed by atoms with van der Waals surface area (Å²) in [6.07, 6.45) is 0. The van der Waals surface area contributed by atoms with Crippen LogP contribution < -0.4 is 0 Å². The Balaban J connectivity index is 2.40. The lowest BCUT2D eigenvalue weighted by Gasteiger charge is -2.06. The molecule has 18 heavy (non-hydrogen) atoms. The molecule has 92 valence electrons. The van der Waals surface area contributed by atoms with Crippen LogP contribution in [0.25, 0.3) is 11.4 Å². The van der Waals surface area contributed by atoms with Gasteiger partial charge in [0, 0.05) is 12.1 Å². The molecule has 5 heteroatoms. The molecule has 1 aromatic heterocycles. The highest BCUT2D eigenvalue weighted by Crippen LogP contribution is 2.24.